The number of nitrogen functional groups attached to an aromatic ring is 1. The van der Waals surface area contributed by atoms with Crippen LogP contribution in [0.15, 0.2) is 35.4 Å². The van der Waals surface area contributed by atoms with Crippen LogP contribution in [0.4, 0.5) is 58.5 Å². The number of aromatic nitrogens is 4. The van der Waals surface area contributed by atoms with E-state index in [-0.39, 0.29) is 0 Å². The second-order valence-electron chi connectivity index (χ2n) is 9.39. The molecule has 0 aliphatic carbocycles. The van der Waals surface area contributed by atoms with E-state index in [9.17, 15) is 61.7 Å². The molecule has 0 saturated carbocycles. The average molecular weight is 817 g/mol. The van der Waals surface area contributed by atoms with E-state index in [0.29, 0.717) is 39.8 Å². The van der Waals surface area contributed by atoms with Crippen molar-refractivity contribution in [3.63, 3.8) is 0 Å². The fourth-order valence-corrected chi connectivity index (χ4v) is 6.01. The minimum absolute atomic E-state index is 0.399. The van der Waals surface area contributed by atoms with Crippen LogP contribution in [0, 0.1) is 0 Å². The van der Waals surface area contributed by atoms with Crippen LogP contribution in [0.25, 0.3) is 11.4 Å². The van der Waals surface area contributed by atoms with E-state index in [4.69, 9.17) is 52.1 Å². The van der Waals surface area contributed by atoms with E-state index in [1.54, 1.807) is 0 Å². The fraction of sp³-hybridized carbons (Fsp3) is 0.240. The van der Waals surface area contributed by atoms with Crippen LogP contribution in [0.5, 0.6) is 0 Å². The van der Waals surface area contributed by atoms with Gasteiger partial charge in [-0.1, -0.05) is 46.4 Å². The van der Waals surface area contributed by atoms with Crippen molar-refractivity contribution in [3.05, 3.63) is 78.6 Å². The normalized spacial score (nSPS) is 13.3. The molecule has 4 aromatic rings. The minimum Gasteiger partial charge on any atom is -0.383 e. The van der Waals surface area contributed by atoms with Gasteiger partial charge in [0.1, 0.15) is 22.1 Å². The van der Waals surface area contributed by atoms with E-state index in [2.05, 4.69) is 10.2 Å². The van der Waals surface area contributed by atoms with Gasteiger partial charge in [0.25, 0.3) is 0 Å². The standard InChI is InChI=1S/C13H6Cl2F6N2O.C12H7Cl2F6N3OS/c1-5(24)7-4-23(22-11(7)13(19,20)21)10-8(14)2-6(3-9(10)15)12(16,17)18;1-25(24)8-9(12(18,19)20)22-23(10(8)21)7-5(13)2-4(3-6(7)14)11(15,16)17/h2-4H,1H3;2-3H,21H2,1H3. The van der Waals surface area contributed by atoms with Crippen molar-refractivity contribution >= 4 is 68.8 Å². The number of alkyl halides is 12. The number of ketones is 1. The molecule has 2 N–H and O–H groups in total. The first-order valence-electron chi connectivity index (χ1n) is 12.2. The quantitative estimate of drug-likeness (QED) is 0.164. The largest absolute Gasteiger partial charge is 0.436 e. The average Bonchev–Trinajstić information content (AvgIpc) is 3.50. The number of hydrogen-bond acceptors (Lipinski definition) is 5. The van der Waals surface area contributed by atoms with Crippen molar-refractivity contribution < 1.29 is 61.7 Å². The summed E-state index contributed by atoms with van der Waals surface area (Å²) in [5, 5.41) is 4.02. The Morgan fingerprint density at radius 2 is 1.08 bits per heavy atom. The van der Waals surface area contributed by atoms with Crippen molar-refractivity contribution in [1.29, 1.82) is 0 Å². The molecule has 0 radical (unpaired) electrons. The highest BCUT2D eigenvalue weighted by Gasteiger charge is 2.42. The zero-order valence-electron chi connectivity index (χ0n) is 23.5. The molecule has 2 heterocycles. The third-order valence-corrected chi connectivity index (χ3v) is 8.05. The lowest BCUT2D eigenvalue weighted by Crippen LogP contribution is -2.11. The number of rotatable bonds is 4. The summed E-state index contributed by atoms with van der Waals surface area (Å²) < 4.78 is 167. The van der Waals surface area contributed by atoms with Gasteiger partial charge in [0.05, 0.1) is 47.6 Å². The van der Waals surface area contributed by atoms with Gasteiger partial charge in [-0.05, 0) is 31.2 Å². The maximum Gasteiger partial charge on any atom is 0.436 e. The summed E-state index contributed by atoms with van der Waals surface area (Å²) in [4.78, 5) is 10.5. The molecule has 0 saturated heterocycles. The number of carbonyl (C=O) groups excluding carboxylic acids is 1. The molecule has 0 spiro atoms. The molecule has 4 rings (SSSR count). The van der Waals surface area contributed by atoms with Gasteiger partial charge in [0.15, 0.2) is 17.2 Å². The van der Waals surface area contributed by atoms with Gasteiger partial charge in [-0.2, -0.15) is 62.9 Å². The number of carbonyl (C=O) groups is 1. The van der Waals surface area contributed by atoms with Gasteiger partial charge in [-0.25, -0.2) is 9.36 Å². The Kier molecular flexibility index (Phi) is 11.4. The second kappa shape index (κ2) is 13.8. The van der Waals surface area contributed by atoms with E-state index < -0.39 is 112 Å². The molecule has 268 valence electrons. The number of Topliss-reactive ketones (excluding diaryl/α,β-unsaturated/α-hetero) is 1. The topological polar surface area (TPSA) is 95.8 Å². The highest BCUT2D eigenvalue weighted by Crippen LogP contribution is 2.42. The Morgan fingerprint density at radius 1 is 0.694 bits per heavy atom. The molecule has 0 fully saturated rings. The van der Waals surface area contributed by atoms with Crippen molar-refractivity contribution in [2.24, 2.45) is 0 Å². The highest BCUT2D eigenvalue weighted by molar-refractivity contribution is 7.84. The predicted octanol–water partition coefficient (Wildman–Crippen LogP) is 9.96. The van der Waals surface area contributed by atoms with Crippen molar-refractivity contribution in [2.45, 2.75) is 36.5 Å². The van der Waals surface area contributed by atoms with Gasteiger partial charge < -0.3 is 5.73 Å². The smallest absolute Gasteiger partial charge is 0.383 e. The lowest BCUT2D eigenvalue weighted by molar-refractivity contribution is -0.143. The third kappa shape index (κ3) is 8.76. The lowest BCUT2D eigenvalue weighted by Gasteiger charge is -2.13. The molecule has 0 bridgehead atoms. The fourth-order valence-electron chi connectivity index (χ4n) is 3.89. The molecule has 1 unspecified atom stereocenters. The number of anilines is 1. The first kappa shape index (κ1) is 40.2. The van der Waals surface area contributed by atoms with Gasteiger partial charge in [-0.3, -0.25) is 9.00 Å². The van der Waals surface area contributed by atoms with Crippen LogP contribution in [-0.2, 0) is 35.5 Å². The molecule has 1 atom stereocenters. The van der Waals surface area contributed by atoms with Crippen LogP contribution in [0.1, 0.15) is 39.8 Å². The Bertz CT molecular complexity index is 1900. The number of benzene rings is 2. The molecular weight excluding hydrogens is 804 g/mol. The molecule has 24 heteroatoms. The Hall–Kier alpha value is -3.20. The van der Waals surface area contributed by atoms with Crippen LogP contribution in [0.2, 0.25) is 20.1 Å². The third-order valence-electron chi connectivity index (χ3n) is 5.92. The SMILES string of the molecule is CC(=O)c1cn(-c2c(Cl)cc(C(F)(F)F)cc2Cl)nc1C(F)(F)F.CS(=O)c1c(C(F)(F)F)nn(-c2c(Cl)cc(C(F)(F)F)cc2Cl)c1N. The maximum absolute atomic E-state index is 13.1. The Balaban J connectivity index is 0.000000266. The summed E-state index contributed by atoms with van der Waals surface area (Å²) in [6, 6.07) is 1.95. The van der Waals surface area contributed by atoms with E-state index in [0.717, 1.165) is 13.2 Å². The molecule has 49 heavy (non-hydrogen) atoms. The minimum atomic E-state index is -4.99. The van der Waals surface area contributed by atoms with Crippen LogP contribution in [0.3, 0.4) is 0 Å². The zero-order chi connectivity index (χ0) is 37.8. The summed E-state index contributed by atoms with van der Waals surface area (Å²) in [6.45, 7) is 0.895. The second-order valence-corrected chi connectivity index (χ2v) is 12.3. The summed E-state index contributed by atoms with van der Waals surface area (Å²) in [5.41, 5.74) is -1.48. The first-order chi connectivity index (χ1) is 22.1. The summed E-state index contributed by atoms with van der Waals surface area (Å²) in [6.07, 6.45) is -17.8. The van der Waals surface area contributed by atoms with Gasteiger partial charge in [-0.15, -0.1) is 0 Å². The zero-order valence-corrected chi connectivity index (χ0v) is 27.4. The Morgan fingerprint density at radius 3 is 1.37 bits per heavy atom. The number of hydrogen-bond donors (Lipinski definition) is 1. The molecule has 7 nitrogen and oxygen atoms in total. The van der Waals surface area contributed by atoms with Crippen molar-refractivity contribution in [3.8, 4) is 11.4 Å². The molecule has 0 amide bonds. The summed E-state index contributed by atoms with van der Waals surface area (Å²) >= 11 is 22.9. The molecule has 2 aromatic heterocycles. The highest BCUT2D eigenvalue weighted by atomic mass is 35.5. The maximum atomic E-state index is 13.1. The van der Waals surface area contributed by atoms with Gasteiger partial charge in [0, 0.05) is 12.5 Å². The molecule has 0 aliphatic heterocycles. The number of nitrogens with zero attached hydrogens (tertiary/aromatic N) is 4. The molecule has 0 aliphatic rings. The monoisotopic (exact) mass is 815 g/mol. The van der Waals surface area contributed by atoms with Crippen LogP contribution >= 0.6 is 46.4 Å². The Labute approximate surface area is 287 Å². The van der Waals surface area contributed by atoms with Crippen molar-refractivity contribution in [1.82, 2.24) is 19.6 Å². The summed E-state index contributed by atoms with van der Waals surface area (Å²) in [7, 11) is -2.18. The van der Waals surface area contributed by atoms with Crippen LogP contribution < -0.4 is 5.73 Å². The van der Waals surface area contributed by atoms with Gasteiger partial charge in [0.2, 0.25) is 0 Å². The van der Waals surface area contributed by atoms with E-state index in [1.165, 1.54) is 0 Å². The molecule has 2 aromatic carbocycles. The predicted molar refractivity (Wildman–Crippen MR) is 154 cm³/mol. The van der Waals surface area contributed by atoms with E-state index in [1.807, 2.05) is 0 Å². The van der Waals surface area contributed by atoms with Crippen molar-refractivity contribution in [2.75, 3.05) is 12.0 Å². The molecular formula is C25H13Cl4F12N5O2S. The number of nitrogens with two attached hydrogens (primary N) is 1. The number of halogens is 16. The first-order valence-corrected chi connectivity index (χ1v) is 15.2. The lowest BCUT2D eigenvalue weighted by atomic mass is 10.2. The van der Waals surface area contributed by atoms with E-state index >= 15 is 0 Å². The van der Waals surface area contributed by atoms with Gasteiger partial charge >= 0.3 is 24.7 Å². The summed E-state index contributed by atoms with van der Waals surface area (Å²) in [5.74, 6) is -1.62. The van der Waals surface area contributed by atoms with Crippen LogP contribution in [-0.4, -0.2) is 35.8 Å².